The second-order valence-electron chi connectivity index (χ2n) is 3.65. The van der Waals surface area contributed by atoms with Gasteiger partial charge in [0.2, 0.25) is 0 Å². The fraction of sp³-hybridized carbons (Fsp3) is 0.364. The van der Waals surface area contributed by atoms with Gasteiger partial charge < -0.3 is 9.94 Å². The average Bonchev–Trinajstić information content (AvgIpc) is 2.19. The lowest BCUT2D eigenvalue weighted by atomic mass is 10.2. The maximum absolute atomic E-state index is 8.89. The van der Waals surface area contributed by atoms with Gasteiger partial charge >= 0.3 is 0 Å². The van der Waals surface area contributed by atoms with E-state index in [1.54, 1.807) is 20.1 Å². The van der Waals surface area contributed by atoms with Gasteiger partial charge in [0, 0.05) is 0 Å². The first-order valence-corrected chi connectivity index (χ1v) is 4.51. The number of aliphatic hydroxyl groups excluding tert-OH is 1. The molecule has 0 unspecified atom stereocenters. The molecule has 0 spiro atoms. The Labute approximate surface area is 84.0 Å². The molecule has 0 aromatic heterocycles. The van der Waals surface area contributed by atoms with E-state index in [4.69, 9.17) is 9.94 Å². The van der Waals surface area contributed by atoms with Crippen LogP contribution in [0.5, 0.6) is 0 Å². The Morgan fingerprint density at radius 1 is 1.36 bits per heavy atom. The molecule has 3 nitrogen and oxygen atoms in total. The van der Waals surface area contributed by atoms with Crippen LogP contribution in [0, 0.1) is 0 Å². The van der Waals surface area contributed by atoms with Crippen molar-refractivity contribution in [1.82, 2.24) is 0 Å². The van der Waals surface area contributed by atoms with E-state index in [9.17, 15) is 0 Å². The van der Waals surface area contributed by atoms with Gasteiger partial charge in [-0.15, -0.1) is 0 Å². The molecule has 14 heavy (non-hydrogen) atoms. The molecule has 1 N–H and O–H groups in total. The summed E-state index contributed by atoms with van der Waals surface area (Å²) in [4.78, 5) is 5.10. The molecule has 76 valence electrons. The molecule has 0 radical (unpaired) electrons. The number of hydrogen-bond donors (Lipinski definition) is 1. The van der Waals surface area contributed by atoms with Gasteiger partial charge in [0.05, 0.1) is 12.8 Å². The summed E-state index contributed by atoms with van der Waals surface area (Å²) < 4.78 is 0. The minimum atomic E-state index is -0.620. The molecule has 1 rings (SSSR count). The van der Waals surface area contributed by atoms with Crippen LogP contribution in [-0.4, -0.2) is 23.5 Å². The van der Waals surface area contributed by atoms with E-state index in [0.717, 1.165) is 5.56 Å². The fourth-order valence-electron chi connectivity index (χ4n) is 0.798. The maximum Gasteiger partial charge on any atom is 0.155 e. The predicted octanol–water partition coefficient (Wildman–Crippen LogP) is 1.81. The number of oxime groups is 1. The molecule has 0 bridgehead atoms. The number of nitrogens with zero attached hydrogens (tertiary/aromatic N) is 1. The van der Waals surface area contributed by atoms with Crippen LogP contribution in [0.1, 0.15) is 19.4 Å². The van der Waals surface area contributed by atoms with Crippen molar-refractivity contribution in [3.8, 4) is 0 Å². The third-order valence-electron chi connectivity index (χ3n) is 1.68. The zero-order valence-corrected chi connectivity index (χ0v) is 8.47. The van der Waals surface area contributed by atoms with Gasteiger partial charge in [-0.05, 0) is 19.4 Å². The summed E-state index contributed by atoms with van der Waals surface area (Å²) in [6, 6.07) is 9.66. The lowest BCUT2D eigenvalue weighted by Crippen LogP contribution is -2.26. The Bertz CT molecular complexity index is 293. The summed E-state index contributed by atoms with van der Waals surface area (Å²) >= 11 is 0. The van der Waals surface area contributed by atoms with Crippen molar-refractivity contribution >= 4 is 6.21 Å². The predicted molar refractivity (Wildman–Crippen MR) is 56.3 cm³/mol. The molecule has 0 atom stereocenters. The van der Waals surface area contributed by atoms with Crippen LogP contribution in [0.2, 0.25) is 0 Å². The first kappa shape index (κ1) is 10.7. The maximum atomic E-state index is 8.89. The minimum Gasteiger partial charge on any atom is -0.392 e. The Kier molecular flexibility index (Phi) is 3.65. The first-order valence-electron chi connectivity index (χ1n) is 4.51. The van der Waals surface area contributed by atoms with Crippen LogP contribution in [0.15, 0.2) is 35.5 Å². The standard InChI is InChI=1S/C11H15NO2/c1-11(2,9-13)14-12-8-10-6-4-3-5-7-10/h3-8,13H,9H2,1-2H3/b12-8-. The van der Waals surface area contributed by atoms with Crippen molar-refractivity contribution in [2.24, 2.45) is 5.16 Å². The highest BCUT2D eigenvalue weighted by molar-refractivity contribution is 5.78. The summed E-state index contributed by atoms with van der Waals surface area (Å²) in [5, 5.41) is 12.7. The second kappa shape index (κ2) is 4.77. The smallest absolute Gasteiger partial charge is 0.155 e. The monoisotopic (exact) mass is 193 g/mol. The third-order valence-corrected chi connectivity index (χ3v) is 1.68. The van der Waals surface area contributed by atoms with Gasteiger partial charge in [0.15, 0.2) is 5.60 Å². The molecule has 1 aromatic rings. The summed E-state index contributed by atoms with van der Waals surface area (Å²) in [7, 11) is 0. The summed E-state index contributed by atoms with van der Waals surface area (Å²) in [5.41, 5.74) is 0.354. The normalized spacial score (nSPS) is 11.9. The number of hydrogen-bond acceptors (Lipinski definition) is 3. The molecule has 1 aromatic carbocycles. The Morgan fingerprint density at radius 3 is 2.57 bits per heavy atom. The van der Waals surface area contributed by atoms with Crippen LogP contribution in [0.4, 0.5) is 0 Å². The average molecular weight is 193 g/mol. The lowest BCUT2D eigenvalue weighted by molar-refractivity contribution is -0.0506. The molecule has 0 aliphatic rings. The number of aliphatic hydroxyl groups is 1. The van der Waals surface area contributed by atoms with Crippen molar-refractivity contribution < 1.29 is 9.94 Å². The molecular weight excluding hydrogens is 178 g/mol. The van der Waals surface area contributed by atoms with Crippen molar-refractivity contribution in [3.63, 3.8) is 0 Å². The molecule has 0 saturated carbocycles. The van der Waals surface area contributed by atoms with Crippen molar-refractivity contribution in [2.45, 2.75) is 19.4 Å². The zero-order chi connectivity index (χ0) is 10.4. The van der Waals surface area contributed by atoms with Crippen molar-refractivity contribution in [1.29, 1.82) is 0 Å². The SMILES string of the molecule is CC(C)(CO)O/N=C\c1ccccc1. The summed E-state index contributed by atoms with van der Waals surface area (Å²) in [6.07, 6.45) is 1.62. The Balaban J connectivity index is 2.50. The quantitative estimate of drug-likeness (QED) is 0.585. The fourth-order valence-corrected chi connectivity index (χ4v) is 0.798. The van der Waals surface area contributed by atoms with Crippen LogP contribution >= 0.6 is 0 Å². The van der Waals surface area contributed by atoms with Crippen molar-refractivity contribution in [3.05, 3.63) is 35.9 Å². The largest absolute Gasteiger partial charge is 0.392 e. The van der Waals surface area contributed by atoms with E-state index in [1.165, 1.54) is 0 Å². The van der Waals surface area contributed by atoms with Gasteiger partial charge in [-0.25, -0.2) is 0 Å². The highest BCUT2D eigenvalue weighted by Crippen LogP contribution is 2.07. The molecule has 3 heteroatoms. The van der Waals surface area contributed by atoms with E-state index < -0.39 is 5.60 Å². The molecule has 0 fully saturated rings. The van der Waals surface area contributed by atoms with Gasteiger partial charge in [0.25, 0.3) is 0 Å². The van der Waals surface area contributed by atoms with Crippen molar-refractivity contribution in [2.75, 3.05) is 6.61 Å². The van der Waals surface area contributed by atoms with E-state index >= 15 is 0 Å². The topological polar surface area (TPSA) is 41.8 Å². The van der Waals surface area contributed by atoms with Crippen LogP contribution < -0.4 is 0 Å². The van der Waals surface area contributed by atoms with Crippen LogP contribution in [0.25, 0.3) is 0 Å². The molecule has 0 heterocycles. The molecule has 0 saturated heterocycles. The van der Waals surface area contributed by atoms with E-state index in [1.807, 2.05) is 30.3 Å². The highest BCUT2D eigenvalue weighted by atomic mass is 16.7. The van der Waals surface area contributed by atoms with Gasteiger partial charge in [0.1, 0.15) is 0 Å². The van der Waals surface area contributed by atoms with E-state index in [2.05, 4.69) is 5.16 Å². The molecular formula is C11H15NO2. The molecule has 0 amide bonds. The number of rotatable bonds is 4. The van der Waals surface area contributed by atoms with Gasteiger partial charge in [-0.1, -0.05) is 35.5 Å². The van der Waals surface area contributed by atoms with Gasteiger partial charge in [-0.3, -0.25) is 0 Å². The highest BCUT2D eigenvalue weighted by Gasteiger charge is 2.16. The molecule has 0 aliphatic carbocycles. The summed E-state index contributed by atoms with van der Waals surface area (Å²) in [5.74, 6) is 0. The van der Waals surface area contributed by atoms with Gasteiger partial charge in [-0.2, -0.15) is 0 Å². The lowest BCUT2D eigenvalue weighted by Gasteiger charge is -2.18. The second-order valence-corrected chi connectivity index (χ2v) is 3.65. The Hall–Kier alpha value is -1.35. The van der Waals surface area contributed by atoms with E-state index in [0.29, 0.717) is 0 Å². The van der Waals surface area contributed by atoms with Crippen LogP contribution in [0.3, 0.4) is 0 Å². The van der Waals surface area contributed by atoms with Crippen LogP contribution in [-0.2, 0) is 4.84 Å². The molecule has 0 aliphatic heterocycles. The first-order chi connectivity index (χ1) is 6.64. The zero-order valence-electron chi connectivity index (χ0n) is 8.47. The number of benzene rings is 1. The minimum absolute atomic E-state index is 0.0564. The Morgan fingerprint density at radius 2 is 2.00 bits per heavy atom. The summed E-state index contributed by atoms with van der Waals surface area (Å²) in [6.45, 7) is 3.49. The van der Waals surface area contributed by atoms with E-state index in [-0.39, 0.29) is 6.61 Å². The third kappa shape index (κ3) is 3.58.